The van der Waals surface area contributed by atoms with E-state index in [1.54, 1.807) is 48.5 Å². The van der Waals surface area contributed by atoms with E-state index in [4.69, 9.17) is 9.26 Å². The molecule has 152 valence electrons. The highest BCUT2D eigenvalue weighted by Gasteiger charge is 2.11. The number of amides is 1. The number of benzene rings is 2. The van der Waals surface area contributed by atoms with E-state index < -0.39 is 10.0 Å². The van der Waals surface area contributed by atoms with Crippen molar-refractivity contribution in [3.8, 4) is 5.75 Å². The molecule has 0 saturated heterocycles. The predicted molar refractivity (Wildman–Crippen MR) is 110 cm³/mol. The van der Waals surface area contributed by atoms with Crippen molar-refractivity contribution in [1.29, 1.82) is 0 Å². The molecule has 1 aromatic heterocycles. The predicted octanol–water partition coefficient (Wildman–Crippen LogP) is 3.49. The molecule has 2 N–H and O–H groups in total. The monoisotopic (exact) mass is 415 g/mol. The number of rotatable bonds is 7. The van der Waals surface area contributed by atoms with E-state index >= 15 is 0 Å². The van der Waals surface area contributed by atoms with Crippen molar-refractivity contribution in [2.75, 3.05) is 16.3 Å². The molecule has 9 heteroatoms. The summed E-state index contributed by atoms with van der Waals surface area (Å²) >= 11 is 0. The number of aromatic nitrogens is 1. The molecule has 0 saturated carbocycles. The molecular formula is C20H21N3O5S. The minimum atomic E-state index is -3.39. The Balaban J connectivity index is 1.62. The molecule has 0 unspecified atom stereocenters. The van der Waals surface area contributed by atoms with E-state index in [1.165, 1.54) is 0 Å². The summed E-state index contributed by atoms with van der Waals surface area (Å²) in [5.74, 6) is 1.01. The second kappa shape index (κ2) is 8.36. The van der Waals surface area contributed by atoms with Gasteiger partial charge in [-0.05, 0) is 56.3 Å². The van der Waals surface area contributed by atoms with E-state index in [0.29, 0.717) is 35.1 Å². The Kier molecular flexibility index (Phi) is 5.88. The zero-order valence-corrected chi connectivity index (χ0v) is 17.0. The lowest BCUT2D eigenvalue weighted by Gasteiger charge is -2.09. The number of nitrogens with one attached hydrogen (secondary N) is 2. The van der Waals surface area contributed by atoms with E-state index in [2.05, 4.69) is 15.2 Å². The third-order valence-electron chi connectivity index (χ3n) is 4.10. The average Bonchev–Trinajstić information content (AvgIpc) is 2.97. The fourth-order valence-electron chi connectivity index (χ4n) is 2.64. The van der Waals surface area contributed by atoms with Crippen molar-refractivity contribution in [3.05, 3.63) is 71.1 Å². The topological polar surface area (TPSA) is 111 Å². The Morgan fingerprint density at radius 1 is 1.10 bits per heavy atom. The van der Waals surface area contributed by atoms with Crippen molar-refractivity contribution in [2.24, 2.45) is 0 Å². The molecule has 0 aliphatic heterocycles. The van der Waals surface area contributed by atoms with E-state index in [0.717, 1.165) is 17.5 Å². The van der Waals surface area contributed by atoms with Gasteiger partial charge in [-0.3, -0.25) is 9.52 Å². The Hall–Kier alpha value is -3.33. The molecule has 0 aliphatic rings. The number of nitrogens with zero attached hydrogens (tertiary/aromatic N) is 1. The Bertz CT molecular complexity index is 1100. The fraction of sp³-hybridized carbons (Fsp3) is 0.200. The Labute approximate surface area is 168 Å². The Morgan fingerprint density at radius 2 is 1.79 bits per heavy atom. The standard InChI is InChI=1S/C20H21N3O5S/c1-13-19(14(2)28-22-13)12-27-18-9-7-15(8-10-18)20(24)21-16-5-4-6-17(11-16)23-29(3,25)26/h4-11,23H,12H2,1-3H3,(H,21,24). The molecule has 1 amide bonds. The zero-order valence-electron chi connectivity index (χ0n) is 16.2. The van der Waals surface area contributed by atoms with Crippen LogP contribution in [0.2, 0.25) is 0 Å². The normalized spacial score (nSPS) is 11.1. The summed E-state index contributed by atoms with van der Waals surface area (Å²) in [6.45, 7) is 4.00. The molecule has 1 heterocycles. The van der Waals surface area contributed by atoms with Crippen LogP contribution in [0.15, 0.2) is 53.1 Å². The second-order valence-electron chi connectivity index (χ2n) is 6.52. The first kappa shape index (κ1) is 20.4. The molecule has 0 fully saturated rings. The van der Waals surface area contributed by atoms with Crippen LogP contribution in [0.4, 0.5) is 11.4 Å². The molecule has 8 nitrogen and oxygen atoms in total. The SMILES string of the molecule is Cc1noc(C)c1COc1ccc(C(=O)Nc2cccc(NS(C)(=O)=O)c2)cc1. The molecule has 0 bridgehead atoms. The van der Waals surface area contributed by atoms with Crippen molar-refractivity contribution in [2.45, 2.75) is 20.5 Å². The number of hydrogen-bond acceptors (Lipinski definition) is 6. The minimum absolute atomic E-state index is 0.321. The minimum Gasteiger partial charge on any atom is -0.489 e. The zero-order chi connectivity index (χ0) is 21.0. The van der Waals surface area contributed by atoms with Crippen LogP contribution >= 0.6 is 0 Å². The maximum Gasteiger partial charge on any atom is 0.255 e. The van der Waals surface area contributed by atoms with Crippen LogP contribution in [0.1, 0.15) is 27.4 Å². The molecule has 0 spiro atoms. The van der Waals surface area contributed by atoms with Crippen LogP contribution in [0.3, 0.4) is 0 Å². The first-order valence-corrected chi connectivity index (χ1v) is 10.6. The summed E-state index contributed by atoms with van der Waals surface area (Å²) in [6.07, 6.45) is 1.06. The number of sulfonamides is 1. The lowest BCUT2D eigenvalue weighted by Crippen LogP contribution is -2.13. The molecule has 3 aromatic rings. The van der Waals surface area contributed by atoms with Gasteiger partial charge in [0.1, 0.15) is 18.1 Å². The Morgan fingerprint density at radius 3 is 2.41 bits per heavy atom. The van der Waals surface area contributed by atoms with Crippen LogP contribution in [0.25, 0.3) is 0 Å². The average molecular weight is 415 g/mol. The van der Waals surface area contributed by atoms with Gasteiger partial charge in [0, 0.05) is 11.3 Å². The second-order valence-corrected chi connectivity index (χ2v) is 8.27. The number of ether oxygens (including phenoxy) is 1. The van der Waals surface area contributed by atoms with Gasteiger partial charge in [-0.15, -0.1) is 0 Å². The number of carbonyl (C=O) groups is 1. The lowest BCUT2D eigenvalue weighted by molar-refractivity contribution is 0.102. The van der Waals surface area contributed by atoms with Crippen molar-refractivity contribution >= 4 is 27.3 Å². The van der Waals surface area contributed by atoms with Crippen molar-refractivity contribution in [1.82, 2.24) is 5.16 Å². The summed E-state index contributed by atoms with van der Waals surface area (Å²) in [6, 6.07) is 13.2. The van der Waals surface area contributed by atoms with Gasteiger partial charge in [0.05, 0.1) is 23.2 Å². The summed E-state index contributed by atoms with van der Waals surface area (Å²) < 4.78 is 35.9. The van der Waals surface area contributed by atoms with Gasteiger partial charge in [-0.1, -0.05) is 11.2 Å². The number of hydrogen-bond donors (Lipinski definition) is 2. The van der Waals surface area contributed by atoms with Gasteiger partial charge in [0.2, 0.25) is 10.0 Å². The quantitative estimate of drug-likeness (QED) is 0.611. The maximum atomic E-state index is 12.4. The van der Waals surface area contributed by atoms with Gasteiger partial charge in [0.25, 0.3) is 5.91 Å². The molecule has 2 aromatic carbocycles. The maximum absolute atomic E-state index is 12.4. The molecule has 0 radical (unpaired) electrons. The van der Waals surface area contributed by atoms with Crippen LogP contribution in [-0.2, 0) is 16.6 Å². The summed E-state index contributed by atoms with van der Waals surface area (Å²) in [5, 5.41) is 6.62. The van der Waals surface area contributed by atoms with Gasteiger partial charge in [-0.2, -0.15) is 0 Å². The first-order valence-electron chi connectivity index (χ1n) is 8.75. The van der Waals surface area contributed by atoms with Gasteiger partial charge < -0.3 is 14.6 Å². The molecular weight excluding hydrogens is 394 g/mol. The number of aryl methyl sites for hydroxylation is 2. The molecule has 3 rings (SSSR count). The highest BCUT2D eigenvalue weighted by Crippen LogP contribution is 2.20. The van der Waals surface area contributed by atoms with Crippen LogP contribution in [0, 0.1) is 13.8 Å². The van der Waals surface area contributed by atoms with Crippen molar-refractivity contribution in [3.63, 3.8) is 0 Å². The number of carbonyl (C=O) groups excluding carboxylic acids is 1. The smallest absolute Gasteiger partial charge is 0.255 e. The van der Waals surface area contributed by atoms with Gasteiger partial charge in [0.15, 0.2) is 0 Å². The van der Waals surface area contributed by atoms with Gasteiger partial charge >= 0.3 is 0 Å². The first-order chi connectivity index (χ1) is 13.7. The van der Waals surface area contributed by atoms with Crippen LogP contribution in [0.5, 0.6) is 5.75 Å². The molecule has 0 atom stereocenters. The summed E-state index contributed by atoms with van der Waals surface area (Å²) in [7, 11) is -3.39. The summed E-state index contributed by atoms with van der Waals surface area (Å²) in [4.78, 5) is 12.4. The number of anilines is 2. The van der Waals surface area contributed by atoms with Crippen LogP contribution < -0.4 is 14.8 Å². The van der Waals surface area contributed by atoms with E-state index in [9.17, 15) is 13.2 Å². The van der Waals surface area contributed by atoms with Gasteiger partial charge in [-0.25, -0.2) is 8.42 Å². The highest BCUT2D eigenvalue weighted by molar-refractivity contribution is 7.92. The fourth-order valence-corrected chi connectivity index (χ4v) is 3.20. The molecule has 0 aliphatic carbocycles. The van der Waals surface area contributed by atoms with Crippen LogP contribution in [-0.4, -0.2) is 25.7 Å². The largest absolute Gasteiger partial charge is 0.489 e. The molecule has 29 heavy (non-hydrogen) atoms. The lowest BCUT2D eigenvalue weighted by atomic mass is 10.2. The van der Waals surface area contributed by atoms with Crippen molar-refractivity contribution < 1.29 is 22.5 Å². The summed E-state index contributed by atoms with van der Waals surface area (Å²) in [5.41, 5.74) is 2.97. The van der Waals surface area contributed by atoms with E-state index in [1.807, 2.05) is 13.8 Å². The third-order valence-corrected chi connectivity index (χ3v) is 4.71. The van der Waals surface area contributed by atoms with E-state index in [-0.39, 0.29) is 5.91 Å². The third kappa shape index (κ3) is 5.58. The highest BCUT2D eigenvalue weighted by atomic mass is 32.2.